The van der Waals surface area contributed by atoms with E-state index >= 15 is 0 Å². The summed E-state index contributed by atoms with van der Waals surface area (Å²) in [6.07, 6.45) is 0. The number of carbonyl (C=O) groups excluding carboxylic acids is 2. The topological polar surface area (TPSA) is 61.9 Å². The lowest BCUT2D eigenvalue weighted by atomic mass is 10.1. The third-order valence-electron chi connectivity index (χ3n) is 4.19. The zero-order valence-electron chi connectivity index (χ0n) is 14.8. The molecule has 0 saturated carbocycles. The van der Waals surface area contributed by atoms with E-state index in [9.17, 15) is 9.59 Å². The van der Waals surface area contributed by atoms with Gasteiger partial charge in [0.2, 0.25) is 11.8 Å². The average molecular weight is 333 g/mol. The van der Waals surface area contributed by atoms with Crippen LogP contribution in [0, 0.1) is 13.8 Å². The van der Waals surface area contributed by atoms with E-state index in [1.807, 2.05) is 32.0 Å². The van der Waals surface area contributed by atoms with Gasteiger partial charge in [0, 0.05) is 38.8 Å². The van der Waals surface area contributed by atoms with Gasteiger partial charge >= 0.3 is 0 Å². The van der Waals surface area contributed by atoms with Gasteiger partial charge in [-0.3, -0.25) is 14.5 Å². The van der Waals surface area contributed by atoms with Crippen LogP contribution in [0.25, 0.3) is 0 Å². The second kappa shape index (κ2) is 8.80. The molecule has 0 radical (unpaired) electrons. The maximum Gasteiger partial charge on any atom is 0.240 e. The molecular weight excluding hydrogens is 306 g/mol. The highest BCUT2D eigenvalue weighted by molar-refractivity contribution is 5.98. The molecule has 0 aromatic heterocycles. The Kier molecular flexibility index (Phi) is 6.75. The number of amides is 2. The molecule has 1 fully saturated rings. The van der Waals surface area contributed by atoms with Crippen LogP contribution in [0.5, 0.6) is 0 Å². The van der Waals surface area contributed by atoms with Crippen molar-refractivity contribution in [1.82, 2.24) is 10.2 Å². The first-order chi connectivity index (χ1) is 11.5. The number of nitrogens with one attached hydrogen (secondary N) is 1. The summed E-state index contributed by atoms with van der Waals surface area (Å²) in [5.74, 6) is -0.272. The molecule has 1 aliphatic heterocycles. The molecular formula is C18H27N3O3. The minimum absolute atomic E-state index is 0.0444. The molecule has 0 bridgehead atoms. The molecule has 1 aromatic carbocycles. The molecule has 0 aliphatic carbocycles. The number of benzene rings is 1. The molecule has 6 nitrogen and oxygen atoms in total. The van der Waals surface area contributed by atoms with Gasteiger partial charge in [0.25, 0.3) is 0 Å². The summed E-state index contributed by atoms with van der Waals surface area (Å²) in [6, 6.07) is 5.91. The number of rotatable bonds is 6. The van der Waals surface area contributed by atoms with Crippen molar-refractivity contribution >= 4 is 17.5 Å². The van der Waals surface area contributed by atoms with E-state index in [-0.39, 0.29) is 18.4 Å². The van der Waals surface area contributed by atoms with Crippen LogP contribution in [0.3, 0.4) is 0 Å². The third kappa shape index (κ3) is 5.32. The van der Waals surface area contributed by atoms with Gasteiger partial charge in [-0.1, -0.05) is 12.1 Å². The number of ether oxygens (including phenoxy) is 1. The van der Waals surface area contributed by atoms with E-state index in [0.717, 1.165) is 49.7 Å². The lowest BCUT2D eigenvalue weighted by Crippen LogP contribution is -2.44. The first-order valence-electron chi connectivity index (χ1n) is 8.39. The number of anilines is 1. The summed E-state index contributed by atoms with van der Waals surface area (Å²) in [6.45, 7) is 10.1. The molecule has 0 unspecified atom stereocenters. The van der Waals surface area contributed by atoms with E-state index in [2.05, 4.69) is 10.2 Å². The number of aryl methyl sites for hydroxylation is 2. The second-order valence-corrected chi connectivity index (χ2v) is 6.20. The van der Waals surface area contributed by atoms with E-state index in [4.69, 9.17) is 4.74 Å². The van der Waals surface area contributed by atoms with Crippen molar-refractivity contribution in [2.75, 3.05) is 50.8 Å². The molecule has 1 aliphatic rings. The van der Waals surface area contributed by atoms with Crippen molar-refractivity contribution in [3.63, 3.8) is 0 Å². The van der Waals surface area contributed by atoms with Crippen LogP contribution in [0.4, 0.5) is 5.69 Å². The zero-order chi connectivity index (χ0) is 17.5. The highest BCUT2D eigenvalue weighted by Crippen LogP contribution is 2.21. The number of hydrogen-bond acceptors (Lipinski definition) is 4. The summed E-state index contributed by atoms with van der Waals surface area (Å²) >= 11 is 0. The smallest absolute Gasteiger partial charge is 0.240 e. The second-order valence-electron chi connectivity index (χ2n) is 6.20. The van der Waals surface area contributed by atoms with Crippen LogP contribution < -0.4 is 10.2 Å². The standard InChI is InChI=1S/C18H27N3O3/c1-14-4-5-15(2)17(12-14)21(16(3)22)13-18(23)19-6-7-20-8-10-24-11-9-20/h4-5,12H,6-11,13H2,1-3H3,(H,19,23). The number of hydrogen-bond donors (Lipinski definition) is 1. The van der Waals surface area contributed by atoms with E-state index in [1.165, 1.54) is 11.8 Å². The monoisotopic (exact) mass is 333 g/mol. The fourth-order valence-electron chi connectivity index (χ4n) is 2.75. The van der Waals surface area contributed by atoms with Crippen LogP contribution in [0.15, 0.2) is 18.2 Å². The van der Waals surface area contributed by atoms with E-state index < -0.39 is 0 Å². The van der Waals surface area contributed by atoms with Crippen LogP contribution in [0.1, 0.15) is 18.1 Å². The fourth-order valence-corrected chi connectivity index (χ4v) is 2.75. The largest absolute Gasteiger partial charge is 0.379 e. The maximum atomic E-state index is 12.2. The summed E-state index contributed by atoms with van der Waals surface area (Å²) in [5, 5.41) is 2.90. The van der Waals surface area contributed by atoms with Gasteiger partial charge in [0.05, 0.1) is 13.2 Å². The molecule has 2 rings (SSSR count). The molecule has 132 valence electrons. The van der Waals surface area contributed by atoms with Crippen molar-refractivity contribution in [3.05, 3.63) is 29.3 Å². The summed E-state index contributed by atoms with van der Waals surface area (Å²) in [7, 11) is 0. The van der Waals surface area contributed by atoms with Crippen molar-refractivity contribution in [2.24, 2.45) is 0 Å². The highest BCUT2D eigenvalue weighted by Gasteiger charge is 2.18. The minimum atomic E-state index is -0.139. The Morgan fingerprint density at radius 1 is 1.25 bits per heavy atom. The molecule has 24 heavy (non-hydrogen) atoms. The number of nitrogens with zero attached hydrogens (tertiary/aromatic N) is 2. The molecule has 1 N–H and O–H groups in total. The summed E-state index contributed by atoms with van der Waals surface area (Å²) in [5.41, 5.74) is 2.84. The lowest BCUT2D eigenvalue weighted by Gasteiger charge is -2.27. The number of morpholine rings is 1. The number of carbonyl (C=O) groups is 2. The lowest BCUT2D eigenvalue weighted by molar-refractivity contribution is -0.123. The fraction of sp³-hybridized carbons (Fsp3) is 0.556. The molecule has 2 amide bonds. The Balaban J connectivity index is 1.89. The first kappa shape index (κ1) is 18.4. The minimum Gasteiger partial charge on any atom is -0.379 e. The van der Waals surface area contributed by atoms with Crippen LogP contribution >= 0.6 is 0 Å². The van der Waals surface area contributed by atoms with Gasteiger partial charge in [-0.05, 0) is 31.0 Å². The van der Waals surface area contributed by atoms with Gasteiger partial charge in [0.1, 0.15) is 6.54 Å². The van der Waals surface area contributed by atoms with Crippen LogP contribution in [0.2, 0.25) is 0 Å². The van der Waals surface area contributed by atoms with Crippen LogP contribution in [-0.2, 0) is 14.3 Å². The van der Waals surface area contributed by atoms with Gasteiger partial charge < -0.3 is 15.0 Å². The van der Waals surface area contributed by atoms with Crippen molar-refractivity contribution in [3.8, 4) is 0 Å². The van der Waals surface area contributed by atoms with Crippen LogP contribution in [-0.4, -0.2) is 62.7 Å². The molecule has 0 spiro atoms. The van der Waals surface area contributed by atoms with E-state index in [1.54, 1.807) is 0 Å². The van der Waals surface area contributed by atoms with Gasteiger partial charge in [-0.15, -0.1) is 0 Å². The van der Waals surface area contributed by atoms with Crippen molar-refractivity contribution in [2.45, 2.75) is 20.8 Å². The Morgan fingerprint density at radius 2 is 1.96 bits per heavy atom. The van der Waals surface area contributed by atoms with Gasteiger partial charge in [-0.2, -0.15) is 0 Å². The summed E-state index contributed by atoms with van der Waals surface area (Å²) in [4.78, 5) is 28.0. The van der Waals surface area contributed by atoms with E-state index in [0.29, 0.717) is 6.54 Å². The average Bonchev–Trinajstić information content (AvgIpc) is 2.56. The summed E-state index contributed by atoms with van der Waals surface area (Å²) < 4.78 is 5.30. The Morgan fingerprint density at radius 3 is 2.62 bits per heavy atom. The normalized spacial score (nSPS) is 15.1. The zero-order valence-corrected chi connectivity index (χ0v) is 14.8. The van der Waals surface area contributed by atoms with Crippen molar-refractivity contribution < 1.29 is 14.3 Å². The van der Waals surface area contributed by atoms with Gasteiger partial charge in [-0.25, -0.2) is 0 Å². The molecule has 1 aromatic rings. The quantitative estimate of drug-likeness (QED) is 0.847. The first-order valence-corrected chi connectivity index (χ1v) is 8.39. The molecule has 6 heteroatoms. The predicted molar refractivity (Wildman–Crippen MR) is 94.2 cm³/mol. The molecule has 0 atom stereocenters. The Labute approximate surface area is 143 Å². The van der Waals surface area contributed by atoms with Crippen molar-refractivity contribution in [1.29, 1.82) is 0 Å². The SMILES string of the molecule is CC(=O)N(CC(=O)NCCN1CCOCC1)c1cc(C)ccc1C. The van der Waals surface area contributed by atoms with Gasteiger partial charge in [0.15, 0.2) is 0 Å². The molecule has 1 saturated heterocycles. The molecule has 1 heterocycles. The Hall–Kier alpha value is -1.92. The predicted octanol–water partition coefficient (Wildman–Crippen LogP) is 1.10. The third-order valence-corrected chi connectivity index (χ3v) is 4.19. The highest BCUT2D eigenvalue weighted by atomic mass is 16.5. The Bertz CT molecular complexity index is 583. The maximum absolute atomic E-state index is 12.2.